The normalized spacial score (nSPS) is 13.7. The molecule has 3 aromatic rings. The van der Waals surface area contributed by atoms with E-state index in [0.29, 0.717) is 18.8 Å². The summed E-state index contributed by atoms with van der Waals surface area (Å²) in [4.78, 5) is 22.8. The summed E-state index contributed by atoms with van der Waals surface area (Å²) in [7, 11) is 0. The molecule has 0 saturated carbocycles. The van der Waals surface area contributed by atoms with Crippen LogP contribution in [0.25, 0.3) is 10.9 Å². The highest BCUT2D eigenvalue weighted by Crippen LogP contribution is 2.23. The van der Waals surface area contributed by atoms with Crippen molar-refractivity contribution in [2.75, 3.05) is 6.61 Å². The molecule has 0 saturated heterocycles. The average Bonchev–Trinajstić information content (AvgIpc) is 3.02. The van der Waals surface area contributed by atoms with Crippen molar-refractivity contribution in [2.45, 2.75) is 26.5 Å². The molecule has 122 valence electrons. The third kappa shape index (κ3) is 2.90. The third-order valence-corrected chi connectivity index (χ3v) is 5.14. The maximum absolute atomic E-state index is 12.5. The maximum Gasteiger partial charge on any atom is 0.270 e. The molecule has 4 rings (SSSR count). The maximum atomic E-state index is 12.5. The predicted molar refractivity (Wildman–Crippen MR) is 93.1 cm³/mol. The summed E-state index contributed by atoms with van der Waals surface area (Å²) in [5, 5.41) is 4.89. The number of amides is 1. The average molecular weight is 339 g/mol. The van der Waals surface area contributed by atoms with Crippen molar-refractivity contribution in [3.05, 3.63) is 57.2 Å². The minimum absolute atomic E-state index is 0.164. The molecule has 1 aliphatic heterocycles. The van der Waals surface area contributed by atoms with Crippen molar-refractivity contribution < 1.29 is 9.53 Å². The first kappa shape index (κ1) is 15.2. The van der Waals surface area contributed by atoms with Crippen molar-refractivity contribution >= 4 is 28.1 Å². The Morgan fingerprint density at radius 2 is 2.21 bits per heavy atom. The SMILES string of the molecule is Cc1cc2ccccc2nc1C(=O)NCc1nc2c(s1)COCC2. The Morgan fingerprint density at radius 3 is 3.08 bits per heavy atom. The number of aromatic nitrogens is 2. The Kier molecular flexibility index (Phi) is 4.00. The molecule has 6 heteroatoms. The van der Waals surface area contributed by atoms with E-state index < -0.39 is 0 Å². The van der Waals surface area contributed by atoms with Gasteiger partial charge in [-0.2, -0.15) is 0 Å². The first-order valence-corrected chi connectivity index (χ1v) is 8.72. The van der Waals surface area contributed by atoms with Gasteiger partial charge >= 0.3 is 0 Å². The number of hydrogen-bond donors (Lipinski definition) is 1. The summed E-state index contributed by atoms with van der Waals surface area (Å²) in [6.45, 7) is 3.69. The first-order chi connectivity index (χ1) is 11.7. The predicted octanol–water partition coefficient (Wildman–Crippen LogP) is 3.00. The van der Waals surface area contributed by atoms with Crippen LogP contribution in [0.2, 0.25) is 0 Å². The Bertz CT molecular complexity index is 896. The number of ether oxygens (including phenoxy) is 1. The van der Waals surface area contributed by atoms with Gasteiger partial charge < -0.3 is 10.1 Å². The van der Waals surface area contributed by atoms with Crippen molar-refractivity contribution in [1.29, 1.82) is 0 Å². The lowest BCUT2D eigenvalue weighted by atomic mass is 10.1. The number of pyridine rings is 1. The van der Waals surface area contributed by atoms with Crippen molar-refractivity contribution in [1.82, 2.24) is 15.3 Å². The van der Waals surface area contributed by atoms with Crippen molar-refractivity contribution in [2.24, 2.45) is 0 Å². The minimum atomic E-state index is -0.164. The number of fused-ring (bicyclic) bond motifs is 2. The number of hydrogen-bond acceptors (Lipinski definition) is 5. The van der Waals surface area contributed by atoms with E-state index >= 15 is 0 Å². The molecule has 0 spiro atoms. The van der Waals surface area contributed by atoms with Gasteiger partial charge in [-0.1, -0.05) is 18.2 Å². The highest BCUT2D eigenvalue weighted by Gasteiger charge is 2.17. The molecular formula is C18H17N3O2S. The third-order valence-electron chi connectivity index (χ3n) is 4.07. The van der Waals surface area contributed by atoms with Crippen LogP contribution in [0.3, 0.4) is 0 Å². The van der Waals surface area contributed by atoms with Crippen LogP contribution in [0.5, 0.6) is 0 Å². The van der Waals surface area contributed by atoms with Gasteiger partial charge in [-0.05, 0) is 24.6 Å². The van der Waals surface area contributed by atoms with Gasteiger partial charge in [0.05, 0.1) is 35.8 Å². The van der Waals surface area contributed by atoms with Crippen LogP contribution in [-0.2, 0) is 24.3 Å². The van der Waals surface area contributed by atoms with Crippen LogP contribution in [-0.4, -0.2) is 22.5 Å². The van der Waals surface area contributed by atoms with Crippen molar-refractivity contribution in [3.8, 4) is 0 Å². The fourth-order valence-corrected chi connectivity index (χ4v) is 3.84. The molecule has 0 unspecified atom stereocenters. The molecule has 0 fully saturated rings. The molecule has 24 heavy (non-hydrogen) atoms. The second kappa shape index (κ2) is 6.30. The van der Waals surface area contributed by atoms with Gasteiger partial charge in [-0.15, -0.1) is 11.3 Å². The quantitative estimate of drug-likeness (QED) is 0.797. The van der Waals surface area contributed by atoms with Gasteiger partial charge in [0.15, 0.2) is 0 Å². The van der Waals surface area contributed by atoms with Crippen LogP contribution >= 0.6 is 11.3 Å². The Morgan fingerprint density at radius 1 is 1.33 bits per heavy atom. The minimum Gasteiger partial charge on any atom is -0.375 e. The molecule has 2 aromatic heterocycles. The zero-order valence-electron chi connectivity index (χ0n) is 13.3. The van der Waals surface area contributed by atoms with Gasteiger partial charge in [-0.3, -0.25) is 4.79 Å². The molecule has 1 amide bonds. The second-order valence-electron chi connectivity index (χ2n) is 5.81. The molecule has 0 atom stereocenters. The van der Waals surface area contributed by atoms with Gasteiger partial charge in [0.25, 0.3) is 5.91 Å². The number of carbonyl (C=O) groups excluding carboxylic acids is 1. The number of nitrogens with zero attached hydrogens (tertiary/aromatic N) is 2. The molecule has 0 bridgehead atoms. The summed E-state index contributed by atoms with van der Waals surface area (Å²) >= 11 is 1.61. The molecule has 5 nitrogen and oxygen atoms in total. The molecule has 3 heterocycles. The van der Waals surface area contributed by atoms with E-state index in [-0.39, 0.29) is 5.91 Å². The molecule has 0 aliphatic carbocycles. The number of aryl methyl sites for hydroxylation is 1. The van der Waals surface area contributed by atoms with Gasteiger partial charge in [0.2, 0.25) is 0 Å². The number of benzene rings is 1. The molecule has 1 N–H and O–H groups in total. The van der Waals surface area contributed by atoms with Gasteiger partial charge in [0, 0.05) is 11.8 Å². The summed E-state index contributed by atoms with van der Waals surface area (Å²) in [6, 6.07) is 9.81. The number of rotatable bonds is 3. The first-order valence-electron chi connectivity index (χ1n) is 7.90. The lowest BCUT2D eigenvalue weighted by molar-refractivity contribution is 0.0945. The van der Waals surface area contributed by atoms with E-state index in [0.717, 1.165) is 40.2 Å². The smallest absolute Gasteiger partial charge is 0.270 e. The Hall–Kier alpha value is -2.31. The van der Waals surface area contributed by atoms with Crippen LogP contribution in [0.4, 0.5) is 0 Å². The lowest BCUT2D eigenvalue weighted by Gasteiger charge is -2.08. The number of thiazole rings is 1. The van der Waals surface area contributed by atoms with Gasteiger partial charge in [-0.25, -0.2) is 9.97 Å². The zero-order chi connectivity index (χ0) is 16.5. The summed E-state index contributed by atoms with van der Waals surface area (Å²) < 4.78 is 5.43. The number of carbonyl (C=O) groups is 1. The Balaban J connectivity index is 1.52. The van der Waals surface area contributed by atoms with Crippen LogP contribution in [0.15, 0.2) is 30.3 Å². The van der Waals surface area contributed by atoms with E-state index in [2.05, 4.69) is 15.3 Å². The summed E-state index contributed by atoms with van der Waals surface area (Å²) in [5.74, 6) is -0.164. The largest absolute Gasteiger partial charge is 0.375 e. The molecule has 1 aromatic carbocycles. The second-order valence-corrected chi connectivity index (χ2v) is 6.98. The zero-order valence-corrected chi connectivity index (χ0v) is 14.2. The Labute approximate surface area is 143 Å². The molecule has 1 aliphatic rings. The van der Waals surface area contributed by atoms with Crippen LogP contribution in [0, 0.1) is 6.92 Å². The van der Waals surface area contributed by atoms with Crippen LogP contribution in [0.1, 0.15) is 31.6 Å². The lowest BCUT2D eigenvalue weighted by Crippen LogP contribution is -2.24. The highest BCUT2D eigenvalue weighted by molar-refractivity contribution is 7.11. The van der Waals surface area contributed by atoms with Crippen LogP contribution < -0.4 is 5.32 Å². The summed E-state index contributed by atoms with van der Waals surface area (Å²) in [5.41, 5.74) is 3.28. The topological polar surface area (TPSA) is 64.1 Å². The van der Waals surface area contributed by atoms with E-state index in [1.807, 2.05) is 37.3 Å². The fraction of sp³-hybridized carbons (Fsp3) is 0.278. The fourth-order valence-electron chi connectivity index (χ4n) is 2.85. The van der Waals surface area contributed by atoms with E-state index in [1.54, 1.807) is 11.3 Å². The summed E-state index contributed by atoms with van der Waals surface area (Å²) in [6.07, 6.45) is 0.852. The highest BCUT2D eigenvalue weighted by atomic mass is 32.1. The van der Waals surface area contributed by atoms with Gasteiger partial charge in [0.1, 0.15) is 10.7 Å². The van der Waals surface area contributed by atoms with E-state index in [9.17, 15) is 4.79 Å². The standard InChI is InChI=1S/C18H17N3O2S/c1-11-8-12-4-2-3-5-13(12)21-17(11)18(22)19-9-16-20-14-6-7-23-10-15(14)24-16/h2-5,8H,6-7,9-10H2,1H3,(H,19,22). The van der Waals surface area contributed by atoms with E-state index in [4.69, 9.17) is 4.74 Å². The molecular weight excluding hydrogens is 322 g/mol. The van der Waals surface area contributed by atoms with E-state index in [1.165, 1.54) is 4.88 Å². The van der Waals surface area contributed by atoms with Crippen molar-refractivity contribution in [3.63, 3.8) is 0 Å². The number of nitrogens with one attached hydrogen (secondary N) is 1. The number of para-hydroxylation sites is 1. The molecule has 0 radical (unpaired) electrons. The monoisotopic (exact) mass is 339 g/mol.